The van der Waals surface area contributed by atoms with Gasteiger partial charge in [-0.1, -0.05) is 0 Å². The van der Waals surface area contributed by atoms with Gasteiger partial charge in [0.25, 0.3) is 0 Å². The lowest BCUT2D eigenvalue weighted by Crippen LogP contribution is -2.22. The van der Waals surface area contributed by atoms with Gasteiger partial charge >= 0.3 is 0 Å². The van der Waals surface area contributed by atoms with Crippen molar-refractivity contribution in [1.82, 2.24) is 9.78 Å². The van der Waals surface area contributed by atoms with Gasteiger partial charge in [0.05, 0.1) is 6.61 Å². The van der Waals surface area contributed by atoms with Gasteiger partial charge in [-0.05, 0) is 34.8 Å². The predicted octanol–water partition coefficient (Wildman–Crippen LogP) is 2.07. The molecule has 1 aliphatic rings. The molecule has 0 saturated carbocycles. The summed E-state index contributed by atoms with van der Waals surface area (Å²) in [5, 5.41) is 4.28. The van der Waals surface area contributed by atoms with E-state index in [4.69, 9.17) is 4.74 Å². The topological polar surface area (TPSA) is 27.1 Å². The van der Waals surface area contributed by atoms with Gasteiger partial charge in [0.1, 0.15) is 4.60 Å². The molecule has 0 amide bonds. The molecule has 0 radical (unpaired) electrons. The molecule has 0 aromatic carbocycles. The second-order valence-corrected chi connectivity index (χ2v) is 4.26. The summed E-state index contributed by atoms with van der Waals surface area (Å²) < 4.78 is 8.29. The van der Waals surface area contributed by atoms with Gasteiger partial charge in [-0.3, -0.25) is 4.68 Å². The molecule has 1 saturated heterocycles. The zero-order valence-electron chi connectivity index (χ0n) is 7.45. The summed E-state index contributed by atoms with van der Waals surface area (Å²) in [6.07, 6.45) is 4.45. The smallest absolute Gasteiger partial charge is 0.128 e. The SMILES string of the molecule is Brc1ccn(CC2CCCOC2)n1. The van der Waals surface area contributed by atoms with E-state index in [0.29, 0.717) is 5.92 Å². The Morgan fingerprint density at radius 3 is 3.23 bits per heavy atom. The third-order valence-corrected chi connectivity index (χ3v) is 2.73. The van der Waals surface area contributed by atoms with Gasteiger partial charge in [0, 0.05) is 25.3 Å². The lowest BCUT2D eigenvalue weighted by atomic mass is 10.0. The zero-order chi connectivity index (χ0) is 9.10. The van der Waals surface area contributed by atoms with Gasteiger partial charge in [-0.25, -0.2) is 0 Å². The van der Waals surface area contributed by atoms with Crippen molar-refractivity contribution < 1.29 is 4.74 Å². The summed E-state index contributed by atoms with van der Waals surface area (Å²) in [4.78, 5) is 0. The number of aromatic nitrogens is 2. The van der Waals surface area contributed by atoms with Crippen LogP contribution in [0.1, 0.15) is 12.8 Å². The van der Waals surface area contributed by atoms with Crippen LogP contribution in [0.2, 0.25) is 0 Å². The summed E-state index contributed by atoms with van der Waals surface area (Å²) in [6, 6.07) is 1.96. The first-order chi connectivity index (χ1) is 6.34. The molecule has 4 heteroatoms. The highest BCUT2D eigenvalue weighted by Crippen LogP contribution is 2.16. The van der Waals surface area contributed by atoms with Crippen LogP contribution in [-0.2, 0) is 11.3 Å². The summed E-state index contributed by atoms with van der Waals surface area (Å²) in [5.41, 5.74) is 0. The van der Waals surface area contributed by atoms with Crippen LogP contribution in [0.4, 0.5) is 0 Å². The van der Waals surface area contributed by atoms with Crippen molar-refractivity contribution >= 4 is 15.9 Å². The van der Waals surface area contributed by atoms with Crippen LogP contribution in [0.5, 0.6) is 0 Å². The molecule has 0 aliphatic carbocycles. The number of hydrogen-bond acceptors (Lipinski definition) is 2. The molecular formula is C9H13BrN2O. The molecule has 1 aliphatic heterocycles. The van der Waals surface area contributed by atoms with E-state index in [9.17, 15) is 0 Å². The quantitative estimate of drug-likeness (QED) is 0.797. The molecule has 1 aromatic heterocycles. The Morgan fingerprint density at radius 2 is 2.62 bits per heavy atom. The van der Waals surface area contributed by atoms with Crippen molar-refractivity contribution in [3.05, 3.63) is 16.9 Å². The third-order valence-electron chi connectivity index (χ3n) is 2.31. The lowest BCUT2D eigenvalue weighted by molar-refractivity contribution is 0.0469. The van der Waals surface area contributed by atoms with Gasteiger partial charge in [0.2, 0.25) is 0 Å². The Morgan fingerprint density at radius 1 is 1.69 bits per heavy atom. The van der Waals surface area contributed by atoms with Crippen LogP contribution < -0.4 is 0 Å². The maximum atomic E-state index is 5.41. The molecule has 0 bridgehead atoms. The fraction of sp³-hybridized carbons (Fsp3) is 0.667. The van der Waals surface area contributed by atoms with Crippen molar-refractivity contribution in [3.8, 4) is 0 Å². The number of ether oxygens (including phenoxy) is 1. The molecule has 1 fully saturated rings. The predicted molar refractivity (Wildman–Crippen MR) is 53.5 cm³/mol. The third kappa shape index (κ3) is 2.54. The van der Waals surface area contributed by atoms with Gasteiger partial charge in [-0.15, -0.1) is 0 Å². The summed E-state index contributed by atoms with van der Waals surface area (Å²) in [6.45, 7) is 2.79. The van der Waals surface area contributed by atoms with E-state index in [0.717, 1.165) is 24.4 Å². The van der Waals surface area contributed by atoms with Crippen molar-refractivity contribution in [1.29, 1.82) is 0 Å². The number of halogens is 1. The first-order valence-corrected chi connectivity index (χ1v) is 5.40. The average molecular weight is 245 g/mol. The Hall–Kier alpha value is -0.350. The van der Waals surface area contributed by atoms with Gasteiger partial charge < -0.3 is 4.74 Å². The molecule has 1 unspecified atom stereocenters. The minimum atomic E-state index is 0.639. The monoisotopic (exact) mass is 244 g/mol. The van der Waals surface area contributed by atoms with Crippen molar-refractivity contribution in [3.63, 3.8) is 0 Å². The molecule has 13 heavy (non-hydrogen) atoms. The molecule has 2 heterocycles. The Bertz CT molecular complexity index is 268. The van der Waals surface area contributed by atoms with Crippen LogP contribution in [-0.4, -0.2) is 23.0 Å². The lowest BCUT2D eigenvalue weighted by Gasteiger charge is -2.21. The summed E-state index contributed by atoms with van der Waals surface area (Å²) >= 11 is 3.33. The molecule has 1 atom stereocenters. The van der Waals surface area contributed by atoms with Crippen LogP contribution in [0.15, 0.2) is 16.9 Å². The molecule has 3 nitrogen and oxygen atoms in total. The van der Waals surface area contributed by atoms with E-state index >= 15 is 0 Å². The maximum absolute atomic E-state index is 5.41. The van der Waals surface area contributed by atoms with E-state index < -0.39 is 0 Å². The van der Waals surface area contributed by atoms with Crippen LogP contribution >= 0.6 is 15.9 Å². The highest BCUT2D eigenvalue weighted by atomic mass is 79.9. The average Bonchev–Trinajstić information content (AvgIpc) is 2.53. The van der Waals surface area contributed by atoms with Crippen LogP contribution in [0.25, 0.3) is 0 Å². The standard InChI is InChI=1S/C9H13BrN2O/c10-9-3-4-12(11-9)6-8-2-1-5-13-7-8/h3-4,8H,1-2,5-7H2. The van der Waals surface area contributed by atoms with E-state index in [1.54, 1.807) is 0 Å². The highest BCUT2D eigenvalue weighted by molar-refractivity contribution is 9.10. The minimum absolute atomic E-state index is 0.639. The second-order valence-electron chi connectivity index (χ2n) is 3.44. The second kappa shape index (κ2) is 4.24. The minimum Gasteiger partial charge on any atom is -0.381 e. The Balaban J connectivity index is 1.89. The summed E-state index contributed by atoms with van der Waals surface area (Å²) in [5.74, 6) is 0.639. The normalized spacial score (nSPS) is 23.3. The number of rotatable bonds is 2. The van der Waals surface area contributed by atoms with E-state index in [-0.39, 0.29) is 0 Å². The molecule has 0 N–H and O–H groups in total. The fourth-order valence-corrected chi connectivity index (χ4v) is 1.98. The van der Waals surface area contributed by atoms with Gasteiger partial charge in [0.15, 0.2) is 0 Å². The highest BCUT2D eigenvalue weighted by Gasteiger charge is 2.14. The molecular weight excluding hydrogens is 232 g/mol. The van der Waals surface area contributed by atoms with E-state index in [1.807, 2.05) is 16.9 Å². The van der Waals surface area contributed by atoms with E-state index in [1.165, 1.54) is 12.8 Å². The molecule has 0 spiro atoms. The first-order valence-electron chi connectivity index (χ1n) is 4.61. The Kier molecular flexibility index (Phi) is 3.01. The fourth-order valence-electron chi connectivity index (χ4n) is 1.65. The van der Waals surface area contributed by atoms with Gasteiger partial charge in [-0.2, -0.15) is 5.10 Å². The summed E-state index contributed by atoms with van der Waals surface area (Å²) in [7, 11) is 0. The van der Waals surface area contributed by atoms with Crippen LogP contribution in [0, 0.1) is 5.92 Å². The van der Waals surface area contributed by atoms with Crippen molar-refractivity contribution in [2.75, 3.05) is 13.2 Å². The molecule has 2 rings (SSSR count). The Labute approximate surface area is 86.2 Å². The number of hydrogen-bond donors (Lipinski definition) is 0. The van der Waals surface area contributed by atoms with E-state index in [2.05, 4.69) is 21.0 Å². The molecule has 1 aromatic rings. The zero-order valence-corrected chi connectivity index (χ0v) is 9.03. The maximum Gasteiger partial charge on any atom is 0.128 e. The van der Waals surface area contributed by atoms with Crippen molar-refractivity contribution in [2.45, 2.75) is 19.4 Å². The number of nitrogens with zero attached hydrogens (tertiary/aromatic N) is 2. The largest absolute Gasteiger partial charge is 0.381 e. The van der Waals surface area contributed by atoms with Crippen molar-refractivity contribution in [2.24, 2.45) is 5.92 Å². The van der Waals surface area contributed by atoms with Crippen LogP contribution in [0.3, 0.4) is 0 Å². The molecule has 72 valence electrons. The first kappa shape index (κ1) is 9.21.